The van der Waals surface area contributed by atoms with Gasteiger partial charge in [0.25, 0.3) is 5.91 Å². The molecule has 0 saturated carbocycles. The molecular formula is C26H29F4N7O2. The molecular weight excluding hydrogens is 518 g/mol. The molecule has 4 heterocycles. The maximum Gasteiger partial charge on any atom is 0.406 e. The molecule has 5 rings (SSSR count). The SMILES string of the molecule is CCn1ccc(C(=O)NCc2nc(-c3cc4c(N[C@@H]5CCN(C)C[C@@H]5F)cccc4n3CC(F)(F)F)no2)c1. The number of hydrogen-bond donors (Lipinski definition) is 2. The number of anilines is 1. The lowest BCUT2D eigenvalue weighted by Gasteiger charge is -2.33. The van der Waals surface area contributed by atoms with Crippen molar-refractivity contribution >= 4 is 22.5 Å². The number of amides is 1. The van der Waals surface area contributed by atoms with Gasteiger partial charge in [-0.15, -0.1) is 0 Å². The fourth-order valence-electron chi connectivity index (χ4n) is 4.82. The van der Waals surface area contributed by atoms with Crippen molar-refractivity contribution in [3.05, 3.63) is 54.2 Å². The third-order valence-electron chi connectivity index (χ3n) is 6.84. The van der Waals surface area contributed by atoms with Crippen molar-refractivity contribution in [3.63, 3.8) is 0 Å². The predicted octanol–water partition coefficient (Wildman–Crippen LogP) is 4.46. The summed E-state index contributed by atoms with van der Waals surface area (Å²) in [4.78, 5) is 18.6. The highest BCUT2D eigenvalue weighted by Crippen LogP contribution is 2.35. The van der Waals surface area contributed by atoms with Crippen LogP contribution in [0.2, 0.25) is 0 Å². The summed E-state index contributed by atoms with van der Waals surface area (Å²) < 4.78 is 63.7. The van der Waals surface area contributed by atoms with E-state index in [1.807, 2.05) is 23.4 Å². The van der Waals surface area contributed by atoms with Gasteiger partial charge in [0.2, 0.25) is 11.7 Å². The number of likely N-dealkylation sites (tertiary alicyclic amines) is 1. The third kappa shape index (κ3) is 5.92. The fraction of sp³-hybridized carbons (Fsp3) is 0.423. The minimum absolute atomic E-state index is 0.0435. The fourth-order valence-corrected chi connectivity index (χ4v) is 4.82. The van der Waals surface area contributed by atoms with Gasteiger partial charge < -0.3 is 29.2 Å². The molecule has 9 nitrogen and oxygen atoms in total. The topological polar surface area (TPSA) is 93.2 Å². The lowest BCUT2D eigenvalue weighted by Crippen LogP contribution is -2.46. The highest BCUT2D eigenvalue weighted by Gasteiger charge is 2.32. The van der Waals surface area contributed by atoms with Gasteiger partial charge in [-0.25, -0.2) is 4.39 Å². The third-order valence-corrected chi connectivity index (χ3v) is 6.84. The van der Waals surface area contributed by atoms with Gasteiger partial charge in [0.15, 0.2) is 0 Å². The van der Waals surface area contributed by atoms with Crippen molar-refractivity contribution in [1.29, 1.82) is 0 Å². The lowest BCUT2D eigenvalue weighted by atomic mass is 10.0. The lowest BCUT2D eigenvalue weighted by molar-refractivity contribution is -0.139. The Bertz CT molecular complexity index is 1460. The first kappa shape index (κ1) is 26.7. The van der Waals surface area contributed by atoms with Crippen LogP contribution in [-0.2, 0) is 19.6 Å². The number of nitrogens with zero attached hydrogens (tertiary/aromatic N) is 5. The second-order valence-electron chi connectivity index (χ2n) is 9.71. The molecule has 3 aromatic heterocycles. The van der Waals surface area contributed by atoms with Crippen LogP contribution in [0.15, 0.2) is 47.2 Å². The van der Waals surface area contributed by atoms with Gasteiger partial charge in [-0.1, -0.05) is 11.2 Å². The van der Waals surface area contributed by atoms with E-state index < -0.39 is 24.9 Å². The van der Waals surface area contributed by atoms with Crippen molar-refractivity contribution in [2.24, 2.45) is 0 Å². The van der Waals surface area contributed by atoms with Crippen molar-refractivity contribution in [1.82, 2.24) is 29.5 Å². The van der Waals surface area contributed by atoms with Crippen molar-refractivity contribution in [2.75, 3.05) is 25.5 Å². The van der Waals surface area contributed by atoms with Gasteiger partial charge in [-0.2, -0.15) is 18.2 Å². The Labute approximate surface area is 221 Å². The van der Waals surface area contributed by atoms with Crippen LogP contribution in [0.25, 0.3) is 22.4 Å². The van der Waals surface area contributed by atoms with Gasteiger partial charge >= 0.3 is 6.18 Å². The zero-order valence-corrected chi connectivity index (χ0v) is 21.5. The molecule has 0 radical (unpaired) electrons. The van der Waals surface area contributed by atoms with E-state index in [0.29, 0.717) is 35.1 Å². The Kier molecular flexibility index (Phi) is 7.34. The normalized spacial score (nSPS) is 18.5. The van der Waals surface area contributed by atoms with Gasteiger partial charge in [0.05, 0.1) is 29.4 Å². The van der Waals surface area contributed by atoms with Crippen LogP contribution < -0.4 is 10.6 Å². The molecule has 1 aromatic carbocycles. The van der Waals surface area contributed by atoms with Crippen LogP contribution >= 0.6 is 0 Å². The number of aromatic nitrogens is 4. The molecule has 1 aliphatic heterocycles. The number of rotatable bonds is 8. The summed E-state index contributed by atoms with van der Waals surface area (Å²) in [6, 6.07) is 7.68. The zero-order chi connectivity index (χ0) is 27.7. The number of carbonyl (C=O) groups is 1. The minimum Gasteiger partial charge on any atom is -0.379 e. The van der Waals surface area contributed by atoms with Crippen LogP contribution in [0.3, 0.4) is 0 Å². The van der Waals surface area contributed by atoms with Gasteiger partial charge in [0, 0.05) is 43.1 Å². The number of benzene rings is 1. The van der Waals surface area contributed by atoms with Crippen molar-refractivity contribution in [2.45, 2.75) is 51.4 Å². The highest BCUT2D eigenvalue weighted by atomic mass is 19.4. The molecule has 1 saturated heterocycles. The van der Waals surface area contributed by atoms with Crippen LogP contribution in [0.4, 0.5) is 23.2 Å². The van der Waals surface area contributed by atoms with Crippen LogP contribution in [0, 0.1) is 0 Å². The number of hydrogen-bond acceptors (Lipinski definition) is 6. The molecule has 0 unspecified atom stereocenters. The number of halogens is 4. The van der Waals surface area contributed by atoms with Gasteiger partial charge in [-0.3, -0.25) is 4.79 Å². The number of piperidine rings is 1. The van der Waals surface area contributed by atoms with Crippen molar-refractivity contribution in [3.8, 4) is 11.5 Å². The summed E-state index contributed by atoms with van der Waals surface area (Å²) >= 11 is 0. The average molecular weight is 548 g/mol. The standard InChI is InChI=1S/C26H29F4N7O2/c1-3-36-10-7-16(13-36)25(38)31-12-23-33-24(34-39-23)22-11-17-19(32-20-8-9-35(2)14-18(20)27)5-4-6-21(17)37(22)15-26(28,29)30/h4-7,10-11,13,18,20,32H,3,8-9,12,14-15H2,1-2H3,(H,31,38)/t18-,20+/m0/s1. The van der Waals surface area contributed by atoms with Crippen molar-refractivity contribution < 1.29 is 26.9 Å². The summed E-state index contributed by atoms with van der Waals surface area (Å²) in [6.07, 6.45) is -1.59. The molecule has 2 N–H and O–H groups in total. The van der Waals surface area contributed by atoms with E-state index in [4.69, 9.17) is 4.52 Å². The van der Waals surface area contributed by atoms with Crippen LogP contribution in [0.5, 0.6) is 0 Å². The molecule has 39 heavy (non-hydrogen) atoms. The van der Waals surface area contributed by atoms with E-state index in [-0.39, 0.29) is 36.4 Å². The average Bonchev–Trinajstić information content (AvgIpc) is 3.63. The van der Waals surface area contributed by atoms with Gasteiger partial charge in [0.1, 0.15) is 12.7 Å². The summed E-state index contributed by atoms with van der Waals surface area (Å²) in [6.45, 7) is 2.29. The summed E-state index contributed by atoms with van der Waals surface area (Å²) in [7, 11) is 1.85. The van der Waals surface area contributed by atoms with Crippen LogP contribution in [0.1, 0.15) is 29.6 Å². The molecule has 0 bridgehead atoms. The number of aryl methyl sites for hydroxylation is 1. The molecule has 1 amide bonds. The smallest absolute Gasteiger partial charge is 0.379 e. The van der Waals surface area contributed by atoms with E-state index in [9.17, 15) is 22.4 Å². The van der Waals surface area contributed by atoms with E-state index in [0.717, 1.165) is 11.1 Å². The number of carbonyl (C=O) groups excluding carboxylic acids is 1. The maximum atomic E-state index is 14.7. The summed E-state index contributed by atoms with van der Waals surface area (Å²) in [5, 5.41) is 10.3. The summed E-state index contributed by atoms with van der Waals surface area (Å²) in [5.74, 6) is -0.351. The maximum absolute atomic E-state index is 14.7. The molecule has 4 aromatic rings. The molecule has 1 fully saturated rings. The predicted molar refractivity (Wildman–Crippen MR) is 137 cm³/mol. The molecule has 1 aliphatic rings. The second kappa shape index (κ2) is 10.7. The number of alkyl halides is 4. The Balaban J connectivity index is 1.42. The monoisotopic (exact) mass is 547 g/mol. The number of fused-ring (bicyclic) bond motifs is 1. The first-order chi connectivity index (χ1) is 18.6. The quantitative estimate of drug-likeness (QED) is 0.317. The highest BCUT2D eigenvalue weighted by molar-refractivity contribution is 5.96. The first-order valence-corrected chi connectivity index (χ1v) is 12.7. The van der Waals surface area contributed by atoms with Gasteiger partial charge in [-0.05, 0) is 44.7 Å². The van der Waals surface area contributed by atoms with Crippen LogP contribution in [-0.4, -0.2) is 68.6 Å². The van der Waals surface area contributed by atoms with E-state index in [1.165, 1.54) is 0 Å². The van der Waals surface area contributed by atoms with E-state index in [1.54, 1.807) is 42.7 Å². The molecule has 0 spiro atoms. The first-order valence-electron chi connectivity index (χ1n) is 12.7. The zero-order valence-electron chi connectivity index (χ0n) is 21.5. The minimum atomic E-state index is -4.52. The largest absolute Gasteiger partial charge is 0.406 e. The molecule has 2 atom stereocenters. The Hall–Kier alpha value is -3.87. The summed E-state index contributed by atoms with van der Waals surface area (Å²) in [5.41, 5.74) is 1.39. The van der Waals surface area contributed by atoms with E-state index >= 15 is 0 Å². The second-order valence-corrected chi connectivity index (χ2v) is 9.71. The molecule has 208 valence electrons. The Morgan fingerprint density at radius 1 is 1.26 bits per heavy atom. The van der Waals surface area contributed by atoms with E-state index in [2.05, 4.69) is 20.8 Å². The Morgan fingerprint density at radius 2 is 2.08 bits per heavy atom. The Morgan fingerprint density at radius 3 is 2.79 bits per heavy atom. The molecule has 0 aliphatic carbocycles. The molecule has 13 heteroatoms. The number of nitrogens with one attached hydrogen (secondary N) is 2.